The van der Waals surface area contributed by atoms with Crippen molar-refractivity contribution >= 4 is 15.9 Å². The number of carbonyl (C=O) groups is 1. The summed E-state index contributed by atoms with van der Waals surface area (Å²) in [5.74, 6) is 1.29. The first-order valence-corrected chi connectivity index (χ1v) is 10.3. The molecule has 2 aliphatic rings. The van der Waals surface area contributed by atoms with E-state index in [4.69, 9.17) is 14.6 Å². The third-order valence-corrected chi connectivity index (χ3v) is 5.82. The van der Waals surface area contributed by atoms with Crippen LogP contribution >= 0.6 is 0 Å². The standard InChI is InChI=1S/C19H20N2O5S/c20-27(23,24)15-6-3-13(4-7-15)19(22)21-9-1-2-16(21)14-5-8-17-18(12-14)26-11-10-25-17/h3-8,12,16H,1-2,9-11H2,(H2,20,23,24)/t16-/m1/s1. The zero-order valence-electron chi connectivity index (χ0n) is 14.6. The molecule has 142 valence electrons. The van der Waals surface area contributed by atoms with Crippen molar-refractivity contribution in [2.24, 2.45) is 5.14 Å². The van der Waals surface area contributed by atoms with E-state index in [0.29, 0.717) is 31.1 Å². The average Bonchev–Trinajstić information content (AvgIpc) is 3.16. The molecule has 0 unspecified atom stereocenters. The number of primary sulfonamides is 1. The summed E-state index contributed by atoms with van der Waals surface area (Å²) in [4.78, 5) is 14.8. The molecule has 1 fully saturated rings. The fourth-order valence-corrected chi connectivity index (χ4v) is 4.09. The van der Waals surface area contributed by atoms with Crippen molar-refractivity contribution in [1.82, 2.24) is 4.90 Å². The maximum absolute atomic E-state index is 13.0. The van der Waals surface area contributed by atoms with Crippen LogP contribution in [0.1, 0.15) is 34.8 Å². The third-order valence-electron chi connectivity index (χ3n) is 4.89. The van der Waals surface area contributed by atoms with Gasteiger partial charge in [0.05, 0.1) is 10.9 Å². The van der Waals surface area contributed by atoms with Crippen LogP contribution in [0.4, 0.5) is 0 Å². The molecule has 0 bridgehead atoms. The van der Waals surface area contributed by atoms with Crippen LogP contribution in [0.15, 0.2) is 47.4 Å². The van der Waals surface area contributed by atoms with E-state index in [0.717, 1.165) is 24.2 Å². The van der Waals surface area contributed by atoms with Crippen molar-refractivity contribution in [2.45, 2.75) is 23.8 Å². The van der Waals surface area contributed by atoms with E-state index >= 15 is 0 Å². The second-order valence-corrected chi connectivity index (χ2v) is 8.19. The lowest BCUT2D eigenvalue weighted by molar-refractivity contribution is 0.0735. The van der Waals surface area contributed by atoms with Crippen molar-refractivity contribution in [1.29, 1.82) is 0 Å². The molecule has 0 aromatic heterocycles. The van der Waals surface area contributed by atoms with Gasteiger partial charge < -0.3 is 14.4 Å². The van der Waals surface area contributed by atoms with E-state index in [-0.39, 0.29) is 16.8 Å². The van der Waals surface area contributed by atoms with E-state index < -0.39 is 10.0 Å². The van der Waals surface area contributed by atoms with Gasteiger partial charge in [0, 0.05) is 12.1 Å². The summed E-state index contributed by atoms with van der Waals surface area (Å²) in [6.45, 7) is 1.70. The van der Waals surface area contributed by atoms with Crippen LogP contribution < -0.4 is 14.6 Å². The molecule has 0 spiro atoms. The van der Waals surface area contributed by atoms with Crippen LogP contribution in [0, 0.1) is 0 Å². The van der Waals surface area contributed by atoms with Gasteiger partial charge in [0.25, 0.3) is 5.91 Å². The fraction of sp³-hybridized carbons (Fsp3) is 0.316. The van der Waals surface area contributed by atoms with Gasteiger partial charge in [-0.05, 0) is 54.8 Å². The van der Waals surface area contributed by atoms with Gasteiger partial charge in [-0.2, -0.15) is 0 Å². The number of hydrogen-bond acceptors (Lipinski definition) is 5. The second-order valence-electron chi connectivity index (χ2n) is 6.63. The molecule has 2 aliphatic heterocycles. The van der Waals surface area contributed by atoms with Crippen LogP contribution in [0.5, 0.6) is 11.5 Å². The Hall–Kier alpha value is -2.58. The molecular weight excluding hydrogens is 368 g/mol. The van der Waals surface area contributed by atoms with Crippen molar-refractivity contribution in [3.05, 3.63) is 53.6 Å². The molecule has 4 rings (SSSR count). The molecule has 2 aromatic carbocycles. The highest BCUT2D eigenvalue weighted by atomic mass is 32.2. The molecular formula is C19H20N2O5S. The number of carbonyl (C=O) groups excluding carboxylic acids is 1. The van der Waals surface area contributed by atoms with E-state index in [1.807, 2.05) is 23.1 Å². The number of nitrogens with zero attached hydrogens (tertiary/aromatic N) is 1. The van der Waals surface area contributed by atoms with Crippen LogP contribution in [-0.2, 0) is 10.0 Å². The number of amides is 1. The first-order valence-electron chi connectivity index (χ1n) is 8.77. The Bertz CT molecular complexity index is 972. The van der Waals surface area contributed by atoms with Gasteiger partial charge in [-0.1, -0.05) is 6.07 Å². The summed E-state index contributed by atoms with van der Waals surface area (Å²) in [5, 5.41) is 5.11. The van der Waals surface area contributed by atoms with Crippen molar-refractivity contribution in [3.63, 3.8) is 0 Å². The monoisotopic (exact) mass is 388 g/mol. The SMILES string of the molecule is NS(=O)(=O)c1ccc(C(=O)N2CCC[C@@H]2c2ccc3c(c2)OCCO3)cc1. The summed E-state index contributed by atoms with van der Waals surface area (Å²) < 4.78 is 34.0. The number of hydrogen-bond donors (Lipinski definition) is 1. The Labute approximate surface area is 157 Å². The lowest BCUT2D eigenvalue weighted by Crippen LogP contribution is -2.30. The first kappa shape index (κ1) is 17.8. The summed E-state index contributed by atoms with van der Waals surface area (Å²) in [7, 11) is -3.78. The highest BCUT2D eigenvalue weighted by Gasteiger charge is 2.31. The summed E-state index contributed by atoms with van der Waals surface area (Å²) in [6, 6.07) is 11.5. The largest absolute Gasteiger partial charge is 0.486 e. The number of ether oxygens (including phenoxy) is 2. The van der Waals surface area contributed by atoms with Crippen LogP contribution in [-0.4, -0.2) is 39.0 Å². The molecule has 27 heavy (non-hydrogen) atoms. The molecule has 1 saturated heterocycles. The molecule has 1 amide bonds. The molecule has 8 heteroatoms. The minimum Gasteiger partial charge on any atom is -0.486 e. The fourth-order valence-electron chi connectivity index (χ4n) is 3.58. The third kappa shape index (κ3) is 3.50. The zero-order valence-corrected chi connectivity index (χ0v) is 15.4. The van der Waals surface area contributed by atoms with E-state index in [1.165, 1.54) is 24.3 Å². The summed E-state index contributed by atoms with van der Waals surface area (Å²) in [5.41, 5.74) is 1.44. The summed E-state index contributed by atoms with van der Waals surface area (Å²) >= 11 is 0. The Morgan fingerprint density at radius 3 is 2.44 bits per heavy atom. The minimum atomic E-state index is -3.78. The zero-order chi connectivity index (χ0) is 19.0. The van der Waals surface area contributed by atoms with Gasteiger partial charge in [0.1, 0.15) is 13.2 Å². The van der Waals surface area contributed by atoms with Crippen LogP contribution in [0.2, 0.25) is 0 Å². The molecule has 0 radical (unpaired) electrons. The predicted molar refractivity (Wildman–Crippen MR) is 98.3 cm³/mol. The molecule has 2 N–H and O–H groups in total. The van der Waals surface area contributed by atoms with Crippen LogP contribution in [0.3, 0.4) is 0 Å². The number of sulfonamides is 1. The number of rotatable bonds is 3. The lowest BCUT2D eigenvalue weighted by atomic mass is 10.0. The Morgan fingerprint density at radius 1 is 1.04 bits per heavy atom. The highest BCUT2D eigenvalue weighted by Crippen LogP contribution is 2.38. The normalized spacial score (nSPS) is 19.1. The maximum Gasteiger partial charge on any atom is 0.254 e. The number of nitrogens with two attached hydrogens (primary N) is 1. The van der Waals surface area contributed by atoms with Crippen LogP contribution in [0.25, 0.3) is 0 Å². The second kappa shape index (κ2) is 6.86. The Balaban J connectivity index is 1.58. The Kier molecular flexibility index (Phi) is 4.53. The van der Waals surface area contributed by atoms with Gasteiger partial charge in [0.15, 0.2) is 11.5 Å². The van der Waals surface area contributed by atoms with E-state index in [1.54, 1.807) is 0 Å². The van der Waals surface area contributed by atoms with Gasteiger partial charge in [-0.3, -0.25) is 4.79 Å². The van der Waals surface area contributed by atoms with Gasteiger partial charge in [-0.25, -0.2) is 13.6 Å². The van der Waals surface area contributed by atoms with Crippen molar-refractivity contribution in [3.8, 4) is 11.5 Å². The predicted octanol–water partition coefficient (Wildman–Crippen LogP) is 2.08. The van der Waals surface area contributed by atoms with Gasteiger partial charge >= 0.3 is 0 Å². The lowest BCUT2D eigenvalue weighted by Gasteiger charge is -2.27. The minimum absolute atomic E-state index is 0.0103. The molecule has 2 heterocycles. The number of likely N-dealkylation sites (tertiary alicyclic amines) is 1. The topological polar surface area (TPSA) is 98.9 Å². The number of fused-ring (bicyclic) bond motifs is 1. The molecule has 2 aromatic rings. The Morgan fingerprint density at radius 2 is 1.74 bits per heavy atom. The molecule has 1 atom stereocenters. The maximum atomic E-state index is 13.0. The van der Waals surface area contributed by atoms with Crippen molar-refractivity contribution < 1.29 is 22.7 Å². The molecule has 0 saturated carbocycles. The van der Waals surface area contributed by atoms with Gasteiger partial charge in [-0.15, -0.1) is 0 Å². The summed E-state index contributed by atoms with van der Waals surface area (Å²) in [6.07, 6.45) is 1.76. The number of benzene rings is 2. The average molecular weight is 388 g/mol. The molecule has 7 nitrogen and oxygen atoms in total. The first-order chi connectivity index (χ1) is 12.9. The molecule has 0 aliphatic carbocycles. The van der Waals surface area contributed by atoms with E-state index in [9.17, 15) is 13.2 Å². The van der Waals surface area contributed by atoms with E-state index in [2.05, 4.69) is 0 Å². The quantitative estimate of drug-likeness (QED) is 0.868. The van der Waals surface area contributed by atoms with Crippen molar-refractivity contribution in [2.75, 3.05) is 19.8 Å². The smallest absolute Gasteiger partial charge is 0.254 e. The van der Waals surface area contributed by atoms with Gasteiger partial charge in [0.2, 0.25) is 10.0 Å². The highest BCUT2D eigenvalue weighted by molar-refractivity contribution is 7.89.